The van der Waals surface area contributed by atoms with Gasteiger partial charge in [-0.3, -0.25) is 4.79 Å². The van der Waals surface area contributed by atoms with Gasteiger partial charge in [0.2, 0.25) is 0 Å². The maximum atomic E-state index is 12.6. The predicted molar refractivity (Wildman–Crippen MR) is 135 cm³/mol. The highest BCUT2D eigenvalue weighted by Crippen LogP contribution is 2.35. The van der Waals surface area contributed by atoms with Gasteiger partial charge in [-0.15, -0.1) is 0 Å². The Morgan fingerprint density at radius 2 is 1.78 bits per heavy atom. The summed E-state index contributed by atoms with van der Waals surface area (Å²) in [7, 11) is 0. The van der Waals surface area contributed by atoms with E-state index in [1.165, 1.54) is 5.56 Å². The smallest absolute Gasteiger partial charge is 0.256 e. The summed E-state index contributed by atoms with van der Waals surface area (Å²) >= 11 is 0. The van der Waals surface area contributed by atoms with Crippen LogP contribution >= 0.6 is 0 Å². The van der Waals surface area contributed by atoms with E-state index < -0.39 is 6.10 Å². The topological polar surface area (TPSA) is 49.3 Å². The third-order valence-electron chi connectivity index (χ3n) is 5.27. The normalized spacial score (nSPS) is 15.2. The number of benzene rings is 2. The Labute approximate surface area is 192 Å². The number of aryl methyl sites for hydroxylation is 1. The molecule has 2 N–H and O–H groups in total. The molecule has 0 bridgehead atoms. The summed E-state index contributed by atoms with van der Waals surface area (Å²) in [4.78, 5) is 12.6. The van der Waals surface area contributed by atoms with Crippen LogP contribution in [0.2, 0.25) is 0 Å². The van der Waals surface area contributed by atoms with Gasteiger partial charge in [0.15, 0.2) is 0 Å². The van der Waals surface area contributed by atoms with Gasteiger partial charge in [-0.05, 0) is 67.7 Å². The van der Waals surface area contributed by atoms with E-state index in [-0.39, 0.29) is 5.91 Å². The minimum absolute atomic E-state index is 0.136. The quantitative estimate of drug-likeness (QED) is 0.328. The first-order chi connectivity index (χ1) is 15.4. The molecule has 2 aromatic rings. The van der Waals surface area contributed by atoms with Gasteiger partial charge in [0.05, 0.1) is 11.3 Å². The van der Waals surface area contributed by atoms with Gasteiger partial charge in [0, 0.05) is 11.1 Å². The van der Waals surface area contributed by atoms with Crippen LogP contribution < -0.4 is 5.32 Å². The number of hydrogen-bond donors (Lipinski definition) is 2. The van der Waals surface area contributed by atoms with E-state index in [0.717, 1.165) is 39.9 Å². The standard InChI is InChI=1S/C27H27NO2.C2H6/c1-5-8-18(3)19(4)17-23-26-22(9-7-10-24(26)28-27(23)30)15-16-25(29)21-13-11-20(6-2)12-14-21;1-2/h5,7-14,17,25,29H,6H2,1-4H3,(H,28,30);1-2H3/b8-5-,19-18+,23-17-;. The molecule has 0 radical (unpaired) electrons. The highest BCUT2D eigenvalue weighted by molar-refractivity contribution is 6.32. The van der Waals surface area contributed by atoms with Gasteiger partial charge in [-0.25, -0.2) is 0 Å². The van der Waals surface area contributed by atoms with E-state index in [4.69, 9.17) is 0 Å². The molecule has 3 rings (SSSR count). The highest BCUT2D eigenvalue weighted by Gasteiger charge is 2.26. The molecule has 0 saturated carbocycles. The third kappa shape index (κ3) is 5.87. The average molecular weight is 428 g/mol. The van der Waals surface area contributed by atoms with E-state index in [1.807, 2.05) is 95.3 Å². The monoisotopic (exact) mass is 427 g/mol. The van der Waals surface area contributed by atoms with Gasteiger partial charge < -0.3 is 10.4 Å². The molecular weight excluding hydrogens is 394 g/mol. The molecule has 1 amide bonds. The number of carbonyl (C=O) groups excluding carboxylic acids is 1. The number of nitrogens with one attached hydrogen (secondary N) is 1. The van der Waals surface area contributed by atoms with Crippen molar-refractivity contribution in [2.45, 2.75) is 54.1 Å². The molecule has 0 saturated heterocycles. The molecule has 3 nitrogen and oxygen atoms in total. The van der Waals surface area contributed by atoms with Crippen LogP contribution in [0.5, 0.6) is 0 Å². The second-order valence-corrected chi connectivity index (χ2v) is 7.37. The number of hydrogen-bond acceptors (Lipinski definition) is 2. The molecule has 0 aliphatic carbocycles. The lowest BCUT2D eigenvalue weighted by Gasteiger charge is -2.06. The summed E-state index contributed by atoms with van der Waals surface area (Å²) in [5, 5.41) is 13.4. The fourth-order valence-electron chi connectivity index (χ4n) is 3.37. The zero-order valence-electron chi connectivity index (χ0n) is 19.9. The molecule has 32 heavy (non-hydrogen) atoms. The van der Waals surface area contributed by atoms with E-state index in [1.54, 1.807) is 0 Å². The van der Waals surface area contributed by atoms with E-state index in [2.05, 4.69) is 24.1 Å². The fraction of sp³-hybridized carbons (Fsp3) is 0.276. The maximum absolute atomic E-state index is 12.6. The molecule has 1 atom stereocenters. The van der Waals surface area contributed by atoms with E-state index in [9.17, 15) is 9.90 Å². The van der Waals surface area contributed by atoms with Gasteiger partial charge in [0.1, 0.15) is 6.10 Å². The van der Waals surface area contributed by atoms with Crippen LogP contribution in [-0.4, -0.2) is 11.0 Å². The van der Waals surface area contributed by atoms with Crippen LogP contribution in [0.15, 0.2) is 71.8 Å². The van der Waals surface area contributed by atoms with Gasteiger partial charge in [-0.2, -0.15) is 0 Å². The Bertz CT molecular complexity index is 1110. The molecule has 1 aliphatic rings. The molecule has 0 spiro atoms. The molecule has 0 aromatic heterocycles. The summed E-state index contributed by atoms with van der Waals surface area (Å²) in [6.45, 7) is 12.1. The number of anilines is 1. The molecule has 1 aliphatic heterocycles. The Kier molecular flexibility index (Phi) is 9.25. The number of amides is 1. The van der Waals surface area contributed by atoms with Crippen LogP contribution in [0.3, 0.4) is 0 Å². The first-order valence-corrected chi connectivity index (χ1v) is 11.2. The largest absolute Gasteiger partial charge is 0.376 e. The maximum Gasteiger partial charge on any atom is 0.256 e. The van der Waals surface area contributed by atoms with Crippen molar-refractivity contribution in [3.8, 4) is 11.8 Å². The number of rotatable bonds is 4. The highest BCUT2D eigenvalue weighted by atomic mass is 16.3. The Morgan fingerprint density at radius 1 is 1.09 bits per heavy atom. The molecule has 0 fully saturated rings. The molecular formula is C29H33NO2. The molecule has 3 heteroatoms. The minimum Gasteiger partial charge on any atom is -0.376 e. The third-order valence-corrected chi connectivity index (χ3v) is 5.27. The predicted octanol–water partition coefficient (Wildman–Crippen LogP) is 6.61. The van der Waals surface area contributed by atoms with Crippen LogP contribution in [0.4, 0.5) is 5.69 Å². The summed E-state index contributed by atoms with van der Waals surface area (Å²) in [5.41, 5.74) is 6.95. The Morgan fingerprint density at radius 3 is 2.41 bits per heavy atom. The van der Waals surface area contributed by atoms with Crippen LogP contribution in [0, 0.1) is 11.8 Å². The van der Waals surface area contributed by atoms with Gasteiger partial charge >= 0.3 is 0 Å². The number of aliphatic hydroxyl groups is 1. The SMILES string of the molecule is CC.C\C=C/C(C)=C(C)/C=C1\C(=O)Nc2cccc(C#CC(O)c3ccc(CC)cc3)c21. The van der Waals surface area contributed by atoms with Crippen molar-refractivity contribution in [1.29, 1.82) is 0 Å². The van der Waals surface area contributed by atoms with Crippen molar-refractivity contribution in [3.63, 3.8) is 0 Å². The number of fused-ring (bicyclic) bond motifs is 1. The molecule has 2 aromatic carbocycles. The van der Waals surface area contributed by atoms with Gasteiger partial charge in [-0.1, -0.05) is 75.1 Å². The molecule has 1 unspecified atom stereocenters. The zero-order chi connectivity index (χ0) is 23.7. The average Bonchev–Trinajstić information content (AvgIpc) is 3.14. The lowest BCUT2D eigenvalue weighted by atomic mass is 9.97. The van der Waals surface area contributed by atoms with Gasteiger partial charge in [0.25, 0.3) is 5.91 Å². The molecule has 166 valence electrons. The first kappa shape index (κ1) is 24.9. The second kappa shape index (κ2) is 11.9. The lowest BCUT2D eigenvalue weighted by molar-refractivity contribution is -0.110. The van der Waals surface area contributed by atoms with Crippen LogP contribution in [0.1, 0.15) is 69.9 Å². The van der Waals surface area contributed by atoms with E-state index >= 15 is 0 Å². The summed E-state index contributed by atoms with van der Waals surface area (Å²) in [6, 6.07) is 13.4. The van der Waals surface area contributed by atoms with Crippen molar-refractivity contribution in [2.24, 2.45) is 0 Å². The number of carbonyl (C=O) groups is 1. The minimum atomic E-state index is -0.886. The number of aliphatic hydroxyl groups excluding tert-OH is 1. The summed E-state index contributed by atoms with van der Waals surface area (Å²) < 4.78 is 0. The van der Waals surface area contributed by atoms with Crippen LogP contribution in [-0.2, 0) is 11.2 Å². The first-order valence-electron chi connectivity index (χ1n) is 11.2. The van der Waals surface area contributed by atoms with Crippen LogP contribution in [0.25, 0.3) is 5.57 Å². The second-order valence-electron chi connectivity index (χ2n) is 7.37. The van der Waals surface area contributed by atoms with E-state index in [0.29, 0.717) is 5.57 Å². The van der Waals surface area contributed by atoms with Crippen molar-refractivity contribution < 1.29 is 9.90 Å². The zero-order valence-corrected chi connectivity index (χ0v) is 19.9. The summed E-state index contributed by atoms with van der Waals surface area (Å²) in [6.07, 6.45) is 5.97. The number of allylic oxidation sites excluding steroid dienone is 5. The van der Waals surface area contributed by atoms with Crippen molar-refractivity contribution in [3.05, 3.63) is 94.1 Å². The lowest BCUT2D eigenvalue weighted by Crippen LogP contribution is -2.04. The summed E-state index contributed by atoms with van der Waals surface area (Å²) in [5.74, 6) is 5.88. The van der Waals surface area contributed by atoms with Crippen molar-refractivity contribution in [1.82, 2.24) is 0 Å². The van der Waals surface area contributed by atoms with Crippen molar-refractivity contribution in [2.75, 3.05) is 5.32 Å². The fourth-order valence-corrected chi connectivity index (χ4v) is 3.37. The van der Waals surface area contributed by atoms with Crippen molar-refractivity contribution >= 4 is 17.2 Å². The Balaban J connectivity index is 0.00000176. The molecule has 1 heterocycles. The Hall–Kier alpha value is -3.35.